The van der Waals surface area contributed by atoms with Gasteiger partial charge in [0.2, 0.25) is 35.4 Å². The molecule has 0 spiro atoms. The molecule has 298 valence electrons. The molecular formula is C30H60N14O7S. The second kappa shape index (κ2) is 26.4. The maximum Gasteiger partial charge on any atom is 0.245 e. The lowest BCUT2D eigenvalue weighted by Crippen LogP contribution is -2.61. The second-order valence-electron chi connectivity index (χ2n) is 12.1. The fourth-order valence-corrected chi connectivity index (χ4v) is 5.05. The van der Waals surface area contributed by atoms with Crippen LogP contribution in [0.4, 0.5) is 0 Å². The number of nitrogens with zero attached hydrogens (tertiary/aromatic N) is 2. The molecule has 0 unspecified atom stereocenters. The molecule has 22 heteroatoms. The Hall–Kier alpha value is -4.41. The number of aliphatic hydroxyl groups excluding tert-OH is 1. The zero-order valence-electron chi connectivity index (χ0n) is 30.3. The number of guanidine groups is 2. The van der Waals surface area contributed by atoms with Crippen molar-refractivity contribution in [3.8, 4) is 0 Å². The Morgan fingerprint density at radius 3 is 1.63 bits per heavy atom. The summed E-state index contributed by atoms with van der Waals surface area (Å²) in [6.45, 7) is 3.33. The maximum absolute atomic E-state index is 13.3. The first-order valence-corrected chi connectivity index (χ1v) is 18.4. The van der Waals surface area contributed by atoms with Crippen molar-refractivity contribution in [2.24, 2.45) is 50.1 Å². The standard InChI is InChI=1S/C30H60N14O7S/c1-16(40-26(49)21(10-7-14-39-30(36)37)42-25(48)18(32)8-6-13-38-29(34)35)24(47)44-22(17(2)45)28(51)43-20(9-4-5-12-31)27(50)41-19(23(33)46)11-15-52-3/h16-22,45H,4-15,31-32H2,1-3H3,(H2,33,46)(H,40,49)(H,41,50)(H,42,48)(H,43,51)(H,44,47)(H4,34,35,38)(H4,36,37,39)/t16-,17+,18-,19-,20-,21-,22-/m0/s1. The molecule has 6 amide bonds. The second-order valence-corrected chi connectivity index (χ2v) is 13.1. The molecule has 21 nitrogen and oxygen atoms in total. The minimum Gasteiger partial charge on any atom is -0.391 e. The highest BCUT2D eigenvalue weighted by molar-refractivity contribution is 7.98. The van der Waals surface area contributed by atoms with E-state index in [0.29, 0.717) is 31.6 Å². The zero-order chi connectivity index (χ0) is 39.8. The van der Waals surface area contributed by atoms with Crippen LogP contribution in [-0.4, -0.2) is 126 Å². The normalized spacial score (nSPS) is 14.9. The Balaban J connectivity index is 5.75. The van der Waals surface area contributed by atoms with E-state index in [2.05, 4.69) is 36.6 Å². The van der Waals surface area contributed by atoms with Gasteiger partial charge in [0, 0.05) is 13.1 Å². The summed E-state index contributed by atoms with van der Waals surface area (Å²) in [5, 5.41) is 23.0. The van der Waals surface area contributed by atoms with Gasteiger partial charge in [-0.2, -0.15) is 11.8 Å². The Morgan fingerprint density at radius 1 is 0.635 bits per heavy atom. The van der Waals surface area contributed by atoms with E-state index in [1.165, 1.54) is 25.6 Å². The molecule has 0 aliphatic heterocycles. The fraction of sp³-hybridized carbons (Fsp3) is 0.733. The maximum atomic E-state index is 13.3. The van der Waals surface area contributed by atoms with E-state index < -0.39 is 77.8 Å². The van der Waals surface area contributed by atoms with Crippen molar-refractivity contribution in [3.63, 3.8) is 0 Å². The molecule has 0 aromatic rings. The molecular weight excluding hydrogens is 700 g/mol. The molecule has 0 aliphatic rings. The number of aliphatic imine (C=N–C) groups is 2. The highest BCUT2D eigenvalue weighted by atomic mass is 32.2. The van der Waals surface area contributed by atoms with Gasteiger partial charge in [-0.25, -0.2) is 0 Å². The van der Waals surface area contributed by atoms with Crippen LogP contribution in [0, 0.1) is 0 Å². The summed E-state index contributed by atoms with van der Waals surface area (Å²) < 4.78 is 0. The van der Waals surface area contributed by atoms with Gasteiger partial charge in [-0.15, -0.1) is 0 Å². The lowest BCUT2D eigenvalue weighted by molar-refractivity contribution is -0.136. The van der Waals surface area contributed by atoms with E-state index >= 15 is 0 Å². The summed E-state index contributed by atoms with van der Waals surface area (Å²) in [5.74, 6) is -4.25. The Kier molecular flexibility index (Phi) is 24.1. The van der Waals surface area contributed by atoms with Crippen LogP contribution in [0.15, 0.2) is 9.98 Å². The SMILES string of the molecule is CSCC[C@H](NC(=O)[C@H](CCCCN)NC(=O)[C@@H](NC(=O)[C@H](C)NC(=O)[C@H](CCCN=C(N)N)NC(=O)[C@@H](N)CCCN=C(N)N)[C@@H](C)O)C(N)=O. The average Bonchev–Trinajstić information content (AvgIpc) is 3.07. The van der Waals surface area contributed by atoms with E-state index in [0.717, 1.165) is 0 Å². The van der Waals surface area contributed by atoms with Gasteiger partial charge in [0.05, 0.1) is 12.1 Å². The smallest absolute Gasteiger partial charge is 0.245 e. The number of nitrogens with one attached hydrogen (secondary N) is 5. The van der Waals surface area contributed by atoms with Crippen molar-refractivity contribution >= 4 is 59.1 Å². The molecule has 0 heterocycles. The lowest BCUT2D eigenvalue weighted by Gasteiger charge is -2.27. The Bertz CT molecular complexity index is 1210. The van der Waals surface area contributed by atoms with Crippen molar-refractivity contribution in [1.82, 2.24) is 26.6 Å². The van der Waals surface area contributed by atoms with Gasteiger partial charge in [-0.3, -0.25) is 38.8 Å². The Morgan fingerprint density at radius 2 is 1.13 bits per heavy atom. The molecule has 7 atom stereocenters. The molecule has 0 fully saturated rings. The van der Waals surface area contributed by atoms with Crippen LogP contribution in [0.25, 0.3) is 0 Å². The number of carbonyl (C=O) groups excluding carboxylic acids is 6. The minimum absolute atomic E-state index is 0.0730. The number of aliphatic hydroxyl groups is 1. The lowest BCUT2D eigenvalue weighted by atomic mass is 10.1. The van der Waals surface area contributed by atoms with Gasteiger partial charge in [-0.1, -0.05) is 0 Å². The van der Waals surface area contributed by atoms with Crippen LogP contribution in [0.2, 0.25) is 0 Å². The number of primary amides is 1. The number of carbonyl (C=O) groups is 6. The monoisotopic (exact) mass is 760 g/mol. The third-order valence-corrected chi connectivity index (χ3v) is 8.19. The summed E-state index contributed by atoms with van der Waals surface area (Å²) >= 11 is 1.46. The molecule has 0 bridgehead atoms. The average molecular weight is 761 g/mol. The summed E-state index contributed by atoms with van der Waals surface area (Å²) in [7, 11) is 0. The van der Waals surface area contributed by atoms with Crippen molar-refractivity contribution in [2.75, 3.05) is 31.6 Å². The molecule has 52 heavy (non-hydrogen) atoms. The number of hydrogen-bond donors (Lipinski definition) is 13. The van der Waals surface area contributed by atoms with Crippen molar-refractivity contribution in [3.05, 3.63) is 0 Å². The van der Waals surface area contributed by atoms with Gasteiger partial charge < -0.3 is 71.8 Å². The van der Waals surface area contributed by atoms with Crippen LogP contribution in [0.1, 0.15) is 65.2 Å². The van der Waals surface area contributed by atoms with Crippen molar-refractivity contribution < 1.29 is 33.9 Å². The van der Waals surface area contributed by atoms with Crippen LogP contribution >= 0.6 is 11.8 Å². The topological polar surface area (TPSA) is 390 Å². The number of nitrogens with two attached hydrogens (primary N) is 7. The van der Waals surface area contributed by atoms with Crippen LogP contribution in [-0.2, 0) is 28.8 Å². The molecule has 0 aromatic carbocycles. The first kappa shape index (κ1) is 47.6. The summed E-state index contributed by atoms with van der Waals surface area (Å²) in [6, 6.07) is -7.07. The van der Waals surface area contributed by atoms with Crippen molar-refractivity contribution in [1.29, 1.82) is 0 Å². The molecule has 0 rings (SSSR count). The molecule has 0 saturated heterocycles. The predicted molar refractivity (Wildman–Crippen MR) is 200 cm³/mol. The fourth-order valence-electron chi connectivity index (χ4n) is 4.58. The first-order valence-electron chi connectivity index (χ1n) is 17.0. The van der Waals surface area contributed by atoms with E-state index in [1.807, 2.05) is 6.26 Å². The quantitative estimate of drug-likeness (QED) is 0.0211. The third-order valence-electron chi connectivity index (χ3n) is 7.55. The summed E-state index contributed by atoms with van der Waals surface area (Å²) in [5.41, 5.74) is 38.4. The van der Waals surface area contributed by atoms with E-state index in [4.69, 9.17) is 40.1 Å². The number of hydrogen-bond acceptors (Lipinski definition) is 12. The molecule has 0 aromatic heterocycles. The van der Waals surface area contributed by atoms with E-state index in [9.17, 15) is 33.9 Å². The van der Waals surface area contributed by atoms with Gasteiger partial charge in [0.15, 0.2) is 11.9 Å². The van der Waals surface area contributed by atoms with Gasteiger partial charge in [0.25, 0.3) is 0 Å². The summed E-state index contributed by atoms with van der Waals surface area (Å²) in [4.78, 5) is 85.4. The number of unbranched alkanes of at least 4 members (excludes halogenated alkanes) is 1. The Labute approximate surface area is 308 Å². The van der Waals surface area contributed by atoms with Crippen LogP contribution in [0.3, 0.4) is 0 Å². The van der Waals surface area contributed by atoms with Gasteiger partial charge in [0.1, 0.15) is 30.2 Å². The highest BCUT2D eigenvalue weighted by Gasteiger charge is 2.33. The van der Waals surface area contributed by atoms with E-state index in [1.54, 1.807) is 0 Å². The summed E-state index contributed by atoms with van der Waals surface area (Å²) in [6.07, 6.45) is 2.76. The molecule has 20 N–H and O–H groups in total. The largest absolute Gasteiger partial charge is 0.391 e. The van der Waals surface area contributed by atoms with Crippen molar-refractivity contribution in [2.45, 2.75) is 108 Å². The number of rotatable bonds is 27. The highest BCUT2D eigenvalue weighted by Crippen LogP contribution is 2.07. The molecule has 0 saturated carbocycles. The van der Waals surface area contributed by atoms with Gasteiger partial charge in [-0.05, 0) is 83.8 Å². The molecule has 0 radical (unpaired) electrons. The third kappa shape index (κ3) is 20.4. The van der Waals surface area contributed by atoms with E-state index in [-0.39, 0.29) is 57.1 Å². The van der Waals surface area contributed by atoms with Crippen LogP contribution < -0.4 is 66.7 Å². The minimum atomic E-state index is -1.55. The number of amides is 6. The zero-order valence-corrected chi connectivity index (χ0v) is 31.1. The first-order chi connectivity index (χ1) is 24.4. The molecule has 0 aliphatic carbocycles. The predicted octanol–water partition coefficient (Wildman–Crippen LogP) is -5.39. The number of thioether (sulfide) groups is 1. The van der Waals surface area contributed by atoms with Crippen LogP contribution in [0.5, 0.6) is 0 Å². The van der Waals surface area contributed by atoms with Gasteiger partial charge >= 0.3 is 0 Å².